The van der Waals surface area contributed by atoms with E-state index < -0.39 is 0 Å². The number of rotatable bonds is 4. The zero-order valence-electron chi connectivity index (χ0n) is 14.0. The maximum absolute atomic E-state index is 12.2. The molecule has 2 aliphatic heterocycles. The fourth-order valence-electron chi connectivity index (χ4n) is 3.28. The Bertz CT molecular complexity index is 372. The van der Waals surface area contributed by atoms with Crippen LogP contribution in [0.1, 0.15) is 32.1 Å². The van der Waals surface area contributed by atoms with Gasteiger partial charge in [-0.2, -0.15) is 0 Å². The molecule has 0 aromatic rings. The van der Waals surface area contributed by atoms with E-state index in [1.54, 1.807) is 19.0 Å². The largest absolute Gasteiger partial charge is 0.355 e. The summed E-state index contributed by atoms with van der Waals surface area (Å²) in [5.74, 6) is 0.224. The summed E-state index contributed by atoms with van der Waals surface area (Å²) < 4.78 is 0. The van der Waals surface area contributed by atoms with E-state index in [2.05, 4.69) is 10.2 Å². The summed E-state index contributed by atoms with van der Waals surface area (Å²) in [6.45, 7) is 5.41. The Morgan fingerprint density at radius 3 is 2.27 bits per heavy atom. The maximum atomic E-state index is 12.2. The predicted octanol–water partition coefficient (Wildman–Crippen LogP) is 0.982. The van der Waals surface area contributed by atoms with Crippen molar-refractivity contribution in [1.82, 2.24) is 20.0 Å². The zero-order valence-corrected chi connectivity index (χ0v) is 14.0. The molecule has 0 saturated carbocycles. The van der Waals surface area contributed by atoms with Gasteiger partial charge in [-0.25, -0.2) is 4.79 Å². The van der Waals surface area contributed by atoms with Crippen molar-refractivity contribution in [2.24, 2.45) is 5.92 Å². The van der Waals surface area contributed by atoms with Crippen molar-refractivity contribution >= 4 is 11.9 Å². The number of carbonyl (C=O) groups excluding carboxylic acids is 2. The highest BCUT2D eigenvalue weighted by Crippen LogP contribution is 2.18. The molecular formula is C16H30N4O2. The molecule has 3 amide bonds. The number of hydrogen-bond donors (Lipinski definition) is 1. The lowest BCUT2D eigenvalue weighted by Crippen LogP contribution is -2.47. The second-order valence-corrected chi connectivity index (χ2v) is 6.63. The Kier molecular flexibility index (Phi) is 6.49. The van der Waals surface area contributed by atoms with E-state index in [1.807, 2.05) is 4.90 Å². The lowest BCUT2D eigenvalue weighted by atomic mass is 9.96. The minimum absolute atomic E-state index is 0.0453. The molecular weight excluding hydrogens is 280 g/mol. The summed E-state index contributed by atoms with van der Waals surface area (Å²) in [5.41, 5.74) is 0. The molecule has 2 rings (SSSR count). The van der Waals surface area contributed by atoms with Crippen LogP contribution >= 0.6 is 0 Å². The summed E-state index contributed by atoms with van der Waals surface area (Å²) in [4.78, 5) is 29.9. The Morgan fingerprint density at radius 2 is 1.68 bits per heavy atom. The van der Waals surface area contributed by atoms with Crippen LogP contribution in [0.4, 0.5) is 4.79 Å². The molecule has 0 spiro atoms. The van der Waals surface area contributed by atoms with Crippen molar-refractivity contribution in [3.63, 3.8) is 0 Å². The summed E-state index contributed by atoms with van der Waals surface area (Å²) >= 11 is 0. The molecule has 0 bridgehead atoms. The molecule has 2 heterocycles. The molecule has 6 heteroatoms. The van der Waals surface area contributed by atoms with Gasteiger partial charge in [-0.1, -0.05) is 6.42 Å². The third-order valence-corrected chi connectivity index (χ3v) is 4.69. The molecule has 2 fully saturated rings. The van der Waals surface area contributed by atoms with Gasteiger partial charge in [0.2, 0.25) is 5.91 Å². The first-order valence-corrected chi connectivity index (χ1v) is 8.54. The second kappa shape index (κ2) is 8.36. The minimum atomic E-state index is 0.0453. The van der Waals surface area contributed by atoms with Gasteiger partial charge in [0.05, 0.1) is 0 Å². The number of urea groups is 1. The Morgan fingerprint density at radius 1 is 1.05 bits per heavy atom. The van der Waals surface area contributed by atoms with Gasteiger partial charge in [-0.15, -0.1) is 0 Å². The third-order valence-electron chi connectivity index (χ3n) is 4.69. The monoisotopic (exact) mass is 310 g/mol. The number of amides is 3. The highest BCUT2D eigenvalue weighted by Gasteiger charge is 2.27. The van der Waals surface area contributed by atoms with E-state index in [1.165, 1.54) is 32.4 Å². The molecule has 0 aromatic carbocycles. The van der Waals surface area contributed by atoms with E-state index in [4.69, 9.17) is 0 Å². The lowest BCUT2D eigenvalue weighted by molar-refractivity contribution is -0.126. The minimum Gasteiger partial charge on any atom is -0.355 e. The van der Waals surface area contributed by atoms with E-state index >= 15 is 0 Å². The molecule has 22 heavy (non-hydrogen) atoms. The molecule has 0 aliphatic carbocycles. The van der Waals surface area contributed by atoms with Crippen LogP contribution in [0.25, 0.3) is 0 Å². The number of piperidine rings is 2. The van der Waals surface area contributed by atoms with Crippen molar-refractivity contribution in [2.75, 3.05) is 53.4 Å². The quantitative estimate of drug-likeness (QED) is 0.842. The fourth-order valence-corrected chi connectivity index (χ4v) is 3.28. The van der Waals surface area contributed by atoms with E-state index in [0.29, 0.717) is 13.1 Å². The first-order chi connectivity index (χ1) is 10.6. The molecule has 2 saturated heterocycles. The molecule has 0 radical (unpaired) electrons. The summed E-state index contributed by atoms with van der Waals surface area (Å²) in [6.07, 6.45) is 5.45. The van der Waals surface area contributed by atoms with Crippen LogP contribution in [-0.4, -0.2) is 80.0 Å². The number of hydrogen-bond acceptors (Lipinski definition) is 3. The van der Waals surface area contributed by atoms with Gasteiger partial charge in [-0.05, 0) is 38.8 Å². The number of likely N-dealkylation sites (tertiary alicyclic amines) is 2. The first-order valence-electron chi connectivity index (χ1n) is 8.54. The van der Waals surface area contributed by atoms with Crippen molar-refractivity contribution in [3.05, 3.63) is 0 Å². The van der Waals surface area contributed by atoms with Crippen LogP contribution < -0.4 is 5.32 Å². The van der Waals surface area contributed by atoms with Crippen LogP contribution in [0.2, 0.25) is 0 Å². The van der Waals surface area contributed by atoms with E-state index in [0.717, 1.165) is 25.9 Å². The summed E-state index contributed by atoms with van der Waals surface area (Å²) in [7, 11) is 3.53. The van der Waals surface area contributed by atoms with Crippen LogP contribution in [0, 0.1) is 5.92 Å². The SMILES string of the molecule is CN(C)C(=O)N1CCC(C(=O)NCCN2CCCCC2)CC1. The van der Waals surface area contributed by atoms with Gasteiger partial charge in [0.25, 0.3) is 0 Å². The predicted molar refractivity (Wildman–Crippen MR) is 86.7 cm³/mol. The first kappa shape index (κ1) is 17.1. The lowest BCUT2D eigenvalue weighted by Gasteiger charge is -2.33. The van der Waals surface area contributed by atoms with Crippen molar-refractivity contribution < 1.29 is 9.59 Å². The molecule has 126 valence electrons. The smallest absolute Gasteiger partial charge is 0.319 e. The van der Waals surface area contributed by atoms with Crippen LogP contribution in [0.5, 0.6) is 0 Å². The maximum Gasteiger partial charge on any atom is 0.319 e. The molecule has 2 aliphatic rings. The summed E-state index contributed by atoms with van der Waals surface area (Å²) in [5, 5.41) is 3.07. The van der Waals surface area contributed by atoms with Gasteiger partial charge in [0.15, 0.2) is 0 Å². The number of carbonyl (C=O) groups is 2. The Balaban J connectivity index is 1.63. The van der Waals surface area contributed by atoms with Crippen LogP contribution in [-0.2, 0) is 4.79 Å². The number of nitrogens with one attached hydrogen (secondary N) is 1. The summed E-state index contributed by atoms with van der Waals surface area (Å²) in [6, 6.07) is 0.0453. The molecule has 6 nitrogen and oxygen atoms in total. The van der Waals surface area contributed by atoms with Gasteiger partial charge < -0.3 is 20.0 Å². The highest BCUT2D eigenvalue weighted by molar-refractivity contribution is 5.79. The molecule has 0 unspecified atom stereocenters. The van der Waals surface area contributed by atoms with Gasteiger partial charge >= 0.3 is 6.03 Å². The number of nitrogens with zero attached hydrogens (tertiary/aromatic N) is 3. The average Bonchev–Trinajstić information content (AvgIpc) is 2.55. The van der Waals surface area contributed by atoms with Crippen LogP contribution in [0.15, 0.2) is 0 Å². The fraction of sp³-hybridized carbons (Fsp3) is 0.875. The molecule has 0 aromatic heterocycles. The topological polar surface area (TPSA) is 55.9 Å². The Hall–Kier alpha value is -1.30. The standard InChI is InChI=1S/C16H30N4O2/c1-18(2)16(22)20-11-6-14(7-12-20)15(21)17-8-13-19-9-4-3-5-10-19/h14H,3-13H2,1-2H3,(H,17,21). The van der Waals surface area contributed by atoms with Crippen molar-refractivity contribution in [3.8, 4) is 0 Å². The van der Waals surface area contributed by atoms with E-state index in [-0.39, 0.29) is 17.9 Å². The van der Waals surface area contributed by atoms with E-state index in [9.17, 15) is 9.59 Å². The molecule has 0 atom stereocenters. The Labute approximate surface area is 133 Å². The van der Waals surface area contributed by atoms with Crippen LogP contribution in [0.3, 0.4) is 0 Å². The normalized spacial score (nSPS) is 20.7. The van der Waals surface area contributed by atoms with Gasteiger partial charge in [0, 0.05) is 46.2 Å². The second-order valence-electron chi connectivity index (χ2n) is 6.63. The third kappa shape index (κ3) is 4.87. The zero-order chi connectivity index (χ0) is 15.9. The average molecular weight is 310 g/mol. The van der Waals surface area contributed by atoms with Gasteiger partial charge in [-0.3, -0.25) is 4.79 Å². The van der Waals surface area contributed by atoms with Crippen molar-refractivity contribution in [2.45, 2.75) is 32.1 Å². The highest BCUT2D eigenvalue weighted by atomic mass is 16.2. The van der Waals surface area contributed by atoms with Gasteiger partial charge in [0.1, 0.15) is 0 Å². The molecule has 1 N–H and O–H groups in total. The van der Waals surface area contributed by atoms with Crippen molar-refractivity contribution in [1.29, 1.82) is 0 Å².